The highest BCUT2D eigenvalue weighted by Gasteiger charge is 2.52. The smallest absolute Gasteiger partial charge is 0.258 e. The van der Waals surface area contributed by atoms with Crippen molar-refractivity contribution in [2.45, 2.75) is 18.3 Å². The van der Waals surface area contributed by atoms with Gasteiger partial charge in [0, 0.05) is 29.7 Å². The highest BCUT2D eigenvalue weighted by Crippen LogP contribution is 2.52. The number of ether oxygens (including phenoxy) is 1. The molecule has 6 nitrogen and oxygen atoms in total. The van der Waals surface area contributed by atoms with Crippen molar-refractivity contribution in [1.82, 2.24) is 4.98 Å². The second-order valence-electron chi connectivity index (χ2n) is 5.97. The number of pyridine rings is 1. The molecule has 0 radical (unpaired) electrons. The number of nitrogens with two attached hydrogens (primary N) is 1. The maximum Gasteiger partial charge on any atom is 0.258 e. The van der Waals surface area contributed by atoms with Gasteiger partial charge in [-0.2, -0.15) is 9.38 Å². The first-order valence-corrected chi connectivity index (χ1v) is 8.12. The maximum atomic E-state index is 13.0. The first-order valence-electron chi connectivity index (χ1n) is 8.12. The number of aromatic nitrogens is 1. The zero-order valence-corrected chi connectivity index (χ0v) is 14.3. The molecule has 1 aliphatic carbocycles. The van der Waals surface area contributed by atoms with Crippen LogP contribution in [0.5, 0.6) is 5.75 Å². The molecular formula is C19H19FN4O2. The lowest BCUT2D eigenvalue weighted by Gasteiger charge is -2.15. The average molecular weight is 354 g/mol. The van der Waals surface area contributed by atoms with Gasteiger partial charge < -0.3 is 15.8 Å². The minimum atomic E-state index is -0.660. The Kier molecular flexibility index (Phi) is 4.97. The minimum absolute atomic E-state index is 0.0678. The van der Waals surface area contributed by atoms with Gasteiger partial charge in [-0.1, -0.05) is 18.2 Å². The van der Waals surface area contributed by atoms with Crippen LogP contribution >= 0.6 is 0 Å². The van der Waals surface area contributed by atoms with Crippen LogP contribution in [0, 0.1) is 5.95 Å². The Balaban J connectivity index is 1.70. The van der Waals surface area contributed by atoms with E-state index in [1.165, 1.54) is 24.5 Å². The molecule has 0 unspecified atom stereocenters. The Morgan fingerprint density at radius 3 is 2.85 bits per heavy atom. The summed E-state index contributed by atoms with van der Waals surface area (Å²) in [6.07, 6.45) is 5.71. The normalized spacial score (nSPS) is 15.7. The Labute approximate surface area is 150 Å². The first-order chi connectivity index (χ1) is 12.5. The standard InChI is InChI=1S/C19H19FN4O2/c1-26-15-5-3-2-4-14(15)19(8-9-19)18(25)24-17(21)7-11-22-13-6-10-23-16(20)12-13/h2-7,10-12H,8-9H2,1H3,(H,22,23)(H2,21,24,25)/b11-7-. The number of anilines is 1. The fourth-order valence-electron chi connectivity index (χ4n) is 2.74. The number of nitrogens with one attached hydrogen (secondary N) is 1. The van der Waals surface area contributed by atoms with Crippen molar-refractivity contribution in [3.8, 4) is 5.75 Å². The largest absolute Gasteiger partial charge is 0.496 e. The van der Waals surface area contributed by atoms with E-state index in [0.717, 1.165) is 5.56 Å². The van der Waals surface area contributed by atoms with Crippen molar-refractivity contribution >= 4 is 17.4 Å². The number of hydrogen-bond acceptors (Lipinski definition) is 4. The SMILES string of the molecule is COc1ccccc1C1(C(=O)N=C(N)/C=C\Nc2ccnc(F)c2)CC1. The summed E-state index contributed by atoms with van der Waals surface area (Å²) in [6, 6.07) is 10.3. The van der Waals surface area contributed by atoms with Gasteiger partial charge in [-0.3, -0.25) is 4.79 Å². The number of methoxy groups -OCH3 is 1. The molecule has 3 rings (SSSR count). The quantitative estimate of drug-likeness (QED) is 0.473. The Hall–Kier alpha value is -3.22. The van der Waals surface area contributed by atoms with Crippen LogP contribution in [0.1, 0.15) is 18.4 Å². The molecule has 26 heavy (non-hydrogen) atoms. The van der Waals surface area contributed by atoms with E-state index in [9.17, 15) is 9.18 Å². The van der Waals surface area contributed by atoms with Gasteiger partial charge in [-0.05, 0) is 31.1 Å². The van der Waals surface area contributed by atoms with E-state index in [1.807, 2.05) is 24.3 Å². The number of rotatable bonds is 6. The van der Waals surface area contributed by atoms with Gasteiger partial charge >= 0.3 is 0 Å². The fraction of sp³-hybridized carbons (Fsp3) is 0.211. The average Bonchev–Trinajstić information content (AvgIpc) is 3.43. The number of benzene rings is 1. The van der Waals surface area contributed by atoms with Crippen molar-refractivity contribution in [3.63, 3.8) is 0 Å². The Bertz CT molecular complexity index is 875. The molecule has 1 saturated carbocycles. The van der Waals surface area contributed by atoms with E-state index < -0.39 is 11.4 Å². The monoisotopic (exact) mass is 354 g/mol. The molecule has 1 fully saturated rings. The summed E-state index contributed by atoms with van der Waals surface area (Å²) in [5.41, 5.74) is 6.51. The fourth-order valence-corrected chi connectivity index (χ4v) is 2.74. The van der Waals surface area contributed by atoms with Crippen molar-refractivity contribution in [1.29, 1.82) is 0 Å². The summed E-state index contributed by atoms with van der Waals surface area (Å²) in [5, 5.41) is 2.84. The first kappa shape index (κ1) is 17.6. The van der Waals surface area contributed by atoms with Crippen LogP contribution in [-0.4, -0.2) is 23.8 Å². The van der Waals surface area contributed by atoms with Gasteiger partial charge in [-0.15, -0.1) is 0 Å². The van der Waals surface area contributed by atoms with E-state index in [0.29, 0.717) is 24.3 Å². The summed E-state index contributed by atoms with van der Waals surface area (Å²) in [6.45, 7) is 0. The lowest BCUT2D eigenvalue weighted by atomic mass is 9.94. The van der Waals surface area contributed by atoms with Gasteiger partial charge in [0.05, 0.1) is 12.5 Å². The predicted octanol–water partition coefficient (Wildman–Crippen LogP) is 2.77. The third kappa shape index (κ3) is 3.72. The molecule has 7 heteroatoms. The third-order valence-corrected chi connectivity index (χ3v) is 4.24. The van der Waals surface area contributed by atoms with Crippen LogP contribution in [0.25, 0.3) is 0 Å². The summed E-state index contributed by atoms with van der Waals surface area (Å²) in [7, 11) is 1.58. The summed E-state index contributed by atoms with van der Waals surface area (Å²) in [5.74, 6) is -0.144. The zero-order valence-electron chi connectivity index (χ0n) is 14.3. The number of aliphatic imine (C=N–C) groups is 1. The molecule has 0 spiro atoms. The lowest BCUT2D eigenvalue weighted by Crippen LogP contribution is -2.22. The number of carbonyl (C=O) groups excluding carboxylic acids is 1. The highest BCUT2D eigenvalue weighted by molar-refractivity contribution is 6.04. The molecule has 1 aliphatic rings. The van der Waals surface area contributed by atoms with Crippen LogP contribution < -0.4 is 15.8 Å². The summed E-state index contributed by atoms with van der Waals surface area (Å²) >= 11 is 0. The molecule has 1 aromatic carbocycles. The van der Waals surface area contributed by atoms with Crippen molar-refractivity contribution in [2.75, 3.05) is 12.4 Å². The van der Waals surface area contributed by atoms with E-state index in [-0.39, 0.29) is 11.7 Å². The van der Waals surface area contributed by atoms with Gasteiger partial charge in [-0.25, -0.2) is 4.98 Å². The number of para-hydroxylation sites is 1. The van der Waals surface area contributed by atoms with Gasteiger partial charge in [0.15, 0.2) is 0 Å². The van der Waals surface area contributed by atoms with Crippen molar-refractivity contribution in [2.24, 2.45) is 10.7 Å². The molecule has 3 N–H and O–H groups in total. The number of halogens is 1. The van der Waals surface area contributed by atoms with Gasteiger partial charge in [0.2, 0.25) is 5.95 Å². The molecule has 1 aromatic heterocycles. The molecule has 0 saturated heterocycles. The maximum absolute atomic E-state index is 13.0. The number of amides is 1. The Morgan fingerprint density at radius 1 is 1.38 bits per heavy atom. The van der Waals surface area contributed by atoms with E-state index in [1.54, 1.807) is 13.2 Å². The second-order valence-corrected chi connectivity index (χ2v) is 5.97. The van der Waals surface area contributed by atoms with Crippen LogP contribution in [0.4, 0.5) is 10.1 Å². The number of carbonyl (C=O) groups is 1. The number of nitrogens with zero attached hydrogens (tertiary/aromatic N) is 2. The van der Waals surface area contributed by atoms with Crippen LogP contribution in [0.3, 0.4) is 0 Å². The highest BCUT2D eigenvalue weighted by atomic mass is 19.1. The van der Waals surface area contributed by atoms with E-state index >= 15 is 0 Å². The Morgan fingerprint density at radius 2 is 2.15 bits per heavy atom. The predicted molar refractivity (Wildman–Crippen MR) is 97.5 cm³/mol. The number of amidine groups is 1. The summed E-state index contributed by atoms with van der Waals surface area (Å²) < 4.78 is 18.4. The topological polar surface area (TPSA) is 89.6 Å². The molecule has 134 valence electrons. The van der Waals surface area contributed by atoms with Crippen molar-refractivity contribution in [3.05, 3.63) is 66.4 Å². The minimum Gasteiger partial charge on any atom is -0.496 e. The lowest BCUT2D eigenvalue weighted by molar-refractivity contribution is -0.120. The third-order valence-electron chi connectivity index (χ3n) is 4.24. The molecule has 0 atom stereocenters. The zero-order chi connectivity index (χ0) is 18.6. The summed E-state index contributed by atoms with van der Waals surface area (Å²) in [4.78, 5) is 20.1. The molecular weight excluding hydrogens is 335 g/mol. The van der Waals surface area contributed by atoms with E-state index in [2.05, 4.69) is 15.3 Å². The molecule has 0 aliphatic heterocycles. The van der Waals surface area contributed by atoms with Gasteiger partial charge in [0.1, 0.15) is 11.6 Å². The van der Waals surface area contributed by atoms with E-state index in [4.69, 9.17) is 10.5 Å². The molecule has 2 aromatic rings. The van der Waals surface area contributed by atoms with Gasteiger partial charge in [0.25, 0.3) is 5.91 Å². The molecule has 1 heterocycles. The molecule has 0 bridgehead atoms. The second kappa shape index (κ2) is 7.35. The molecule has 1 amide bonds. The van der Waals surface area contributed by atoms with Crippen LogP contribution in [0.15, 0.2) is 59.9 Å². The number of hydrogen-bond donors (Lipinski definition) is 2. The van der Waals surface area contributed by atoms with Crippen LogP contribution in [-0.2, 0) is 10.2 Å². The van der Waals surface area contributed by atoms with Crippen molar-refractivity contribution < 1.29 is 13.9 Å². The van der Waals surface area contributed by atoms with Crippen LogP contribution in [0.2, 0.25) is 0 Å².